The van der Waals surface area contributed by atoms with Gasteiger partial charge in [0.25, 0.3) is 0 Å². The molecule has 1 aliphatic heterocycles. The number of nitrogens with zero attached hydrogens (tertiary/aromatic N) is 2. The van der Waals surface area contributed by atoms with Gasteiger partial charge in [0, 0.05) is 18.7 Å². The first-order valence-corrected chi connectivity index (χ1v) is 5.32. The molecule has 5 nitrogen and oxygen atoms in total. The van der Waals surface area contributed by atoms with E-state index in [-0.39, 0.29) is 5.69 Å². The number of nitrogens with one attached hydrogen (secondary N) is 1. The van der Waals surface area contributed by atoms with Gasteiger partial charge >= 0.3 is 5.97 Å². The zero-order valence-corrected chi connectivity index (χ0v) is 8.39. The summed E-state index contributed by atoms with van der Waals surface area (Å²) < 4.78 is 0. The lowest BCUT2D eigenvalue weighted by atomic mass is 10.2. The molecule has 0 saturated heterocycles. The third-order valence-electron chi connectivity index (χ3n) is 2.05. The SMILES string of the molecule is CSc1nc2c(c(C(=O)O)n1)CNC2. The molecule has 0 fully saturated rings. The number of hydrogen-bond acceptors (Lipinski definition) is 5. The minimum atomic E-state index is -0.984. The molecule has 0 spiro atoms. The van der Waals surface area contributed by atoms with E-state index in [4.69, 9.17) is 5.11 Å². The molecule has 0 saturated carbocycles. The topological polar surface area (TPSA) is 75.1 Å². The second kappa shape index (κ2) is 3.55. The van der Waals surface area contributed by atoms with Crippen LogP contribution in [0.3, 0.4) is 0 Å². The first kappa shape index (κ1) is 9.42. The molecule has 1 aromatic heterocycles. The van der Waals surface area contributed by atoms with Crippen LogP contribution in [-0.2, 0) is 13.1 Å². The molecule has 74 valence electrons. The monoisotopic (exact) mass is 211 g/mol. The highest BCUT2D eigenvalue weighted by molar-refractivity contribution is 7.98. The van der Waals surface area contributed by atoms with Gasteiger partial charge in [-0.15, -0.1) is 0 Å². The fourth-order valence-corrected chi connectivity index (χ4v) is 1.80. The molecule has 1 aromatic rings. The fourth-order valence-electron chi connectivity index (χ4n) is 1.41. The van der Waals surface area contributed by atoms with Crippen LogP contribution < -0.4 is 5.32 Å². The summed E-state index contributed by atoms with van der Waals surface area (Å²) in [4.78, 5) is 19.1. The molecule has 2 rings (SSSR count). The van der Waals surface area contributed by atoms with Gasteiger partial charge in [-0.1, -0.05) is 11.8 Å². The highest BCUT2D eigenvalue weighted by Crippen LogP contribution is 2.20. The first-order chi connectivity index (χ1) is 6.72. The standard InChI is InChI=1S/C8H9N3O2S/c1-14-8-10-5-3-9-2-4(5)6(11-8)7(12)13/h9H,2-3H2,1H3,(H,12,13). The predicted octanol–water partition coefficient (Wildman–Crippen LogP) is 0.500. The Hall–Kier alpha value is -1.14. The van der Waals surface area contributed by atoms with Gasteiger partial charge < -0.3 is 10.4 Å². The molecular formula is C8H9N3O2S. The van der Waals surface area contributed by atoms with E-state index < -0.39 is 5.97 Å². The van der Waals surface area contributed by atoms with Gasteiger partial charge in [-0.25, -0.2) is 14.8 Å². The Morgan fingerprint density at radius 2 is 2.29 bits per heavy atom. The van der Waals surface area contributed by atoms with Crippen molar-refractivity contribution in [2.24, 2.45) is 0 Å². The van der Waals surface area contributed by atoms with Crippen molar-refractivity contribution in [3.63, 3.8) is 0 Å². The first-order valence-electron chi connectivity index (χ1n) is 4.10. The van der Waals surface area contributed by atoms with E-state index in [1.54, 1.807) is 0 Å². The van der Waals surface area contributed by atoms with Crippen molar-refractivity contribution in [3.05, 3.63) is 17.0 Å². The third kappa shape index (κ3) is 1.46. The minimum absolute atomic E-state index is 0.129. The second-order valence-electron chi connectivity index (χ2n) is 2.89. The van der Waals surface area contributed by atoms with Gasteiger partial charge in [0.05, 0.1) is 5.69 Å². The Morgan fingerprint density at radius 3 is 2.93 bits per heavy atom. The normalized spacial score (nSPS) is 14.1. The average Bonchev–Trinajstić information content (AvgIpc) is 2.63. The number of aromatic nitrogens is 2. The van der Waals surface area contributed by atoms with Crippen molar-refractivity contribution >= 4 is 17.7 Å². The van der Waals surface area contributed by atoms with Crippen molar-refractivity contribution in [2.75, 3.05) is 6.26 Å². The molecule has 0 radical (unpaired) electrons. The van der Waals surface area contributed by atoms with E-state index in [2.05, 4.69) is 15.3 Å². The summed E-state index contributed by atoms with van der Waals surface area (Å²) in [5.41, 5.74) is 1.65. The summed E-state index contributed by atoms with van der Waals surface area (Å²) in [5.74, 6) is -0.984. The van der Waals surface area contributed by atoms with Crippen molar-refractivity contribution in [1.29, 1.82) is 0 Å². The number of carbonyl (C=O) groups is 1. The van der Waals surface area contributed by atoms with Crippen molar-refractivity contribution in [1.82, 2.24) is 15.3 Å². The Morgan fingerprint density at radius 1 is 1.50 bits per heavy atom. The molecule has 2 N–H and O–H groups in total. The van der Waals surface area contributed by atoms with Crippen LogP contribution in [0, 0.1) is 0 Å². The lowest BCUT2D eigenvalue weighted by molar-refractivity contribution is 0.0688. The van der Waals surface area contributed by atoms with Crippen LogP contribution in [0.25, 0.3) is 0 Å². The number of carboxylic acid groups (broad SMARTS) is 1. The lowest BCUT2D eigenvalue weighted by Gasteiger charge is -2.03. The van der Waals surface area contributed by atoms with Crippen LogP contribution >= 0.6 is 11.8 Å². The van der Waals surface area contributed by atoms with Crippen LogP contribution in [-0.4, -0.2) is 27.3 Å². The maximum Gasteiger partial charge on any atom is 0.355 e. The largest absolute Gasteiger partial charge is 0.476 e. The molecule has 14 heavy (non-hydrogen) atoms. The molecule has 0 unspecified atom stereocenters. The Balaban J connectivity index is 2.57. The number of thioether (sulfide) groups is 1. The highest BCUT2D eigenvalue weighted by Gasteiger charge is 2.22. The number of hydrogen-bond donors (Lipinski definition) is 2. The molecular weight excluding hydrogens is 202 g/mol. The minimum Gasteiger partial charge on any atom is -0.476 e. The van der Waals surface area contributed by atoms with Crippen LogP contribution in [0.4, 0.5) is 0 Å². The molecule has 2 heterocycles. The van der Waals surface area contributed by atoms with Gasteiger partial charge in [-0.3, -0.25) is 0 Å². The summed E-state index contributed by atoms with van der Waals surface area (Å²) in [6.07, 6.45) is 1.83. The Bertz CT molecular complexity index is 394. The quantitative estimate of drug-likeness (QED) is 0.548. The number of fused-ring (bicyclic) bond motifs is 1. The smallest absolute Gasteiger partial charge is 0.355 e. The van der Waals surface area contributed by atoms with Crippen molar-refractivity contribution in [2.45, 2.75) is 18.2 Å². The van der Waals surface area contributed by atoms with Gasteiger partial charge in [-0.05, 0) is 6.26 Å². The van der Waals surface area contributed by atoms with Crippen LogP contribution in [0.5, 0.6) is 0 Å². The van der Waals surface area contributed by atoms with E-state index in [9.17, 15) is 4.79 Å². The highest BCUT2D eigenvalue weighted by atomic mass is 32.2. The maximum absolute atomic E-state index is 10.9. The van der Waals surface area contributed by atoms with E-state index in [0.717, 1.165) is 11.3 Å². The summed E-state index contributed by atoms with van der Waals surface area (Å²) >= 11 is 1.35. The molecule has 0 aromatic carbocycles. The molecule has 0 amide bonds. The van der Waals surface area contributed by atoms with Crippen LogP contribution in [0.1, 0.15) is 21.7 Å². The van der Waals surface area contributed by atoms with Gasteiger partial charge in [0.2, 0.25) is 0 Å². The molecule has 1 aliphatic rings. The number of carboxylic acids is 1. The number of aromatic carboxylic acids is 1. The predicted molar refractivity (Wildman–Crippen MR) is 51.3 cm³/mol. The molecule has 0 bridgehead atoms. The molecule has 6 heteroatoms. The van der Waals surface area contributed by atoms with Crippen molar-refractivity contribution < 1.29 is 9.90 Å². The average molecular weight is 211 g/mol. The van der Waals surface area contributed by atoms with E-state index in [1.165, 1.54) is 11.8 Å². The van der Waals surface area contributed by atoms with Crippen LogP contribution in [0.2, 0.25) is 0 Å². The third-order valence-corrected chi connectivity index (χ3v) is 2.60. The summed E-state index contributed by atoms with van der Waals surface area (Å²) in [6.45, 7) is 1.18. The molecule has 0 atom stereocenters. The summed E-state index contributed by atoms with van der Waals surface area (Å²) in [7, 11) is 0. The van der Waals surface area contributed by atoms with Crippen LogP contribution in [0.15, 0.2) is 5.16 Å². The van der Waals surface area contributed by atoms with Crippen molar-refractivity contribution in [3.8, 4) is 0 Å². The summed E-state index contributed by atoms with van der Waals surface area (Å²) in [5, 5.41) is 12.5. The maximum atomic E-state index is 10.9. The number of rotatable bonds is 2. The Labute approximate surface area is 85.0 Å². The van der Waals surface area contributed by atoms with E-state index in [1.807, 2.05) is 6.26 Å². The zero-order valence-electron chi connectivity index (χ0n) is 7.57. The fraction of sp³-hybridized carbons (Fsp3) is 0.375. The zero-order chi connectivity index (χ0) is 10.1. The summed E-state index contributed by atoms with van der Waals surface area (Å²) in [6, 6.07) is 0. The molecule has 0 aliphatic carbocycles. The van der Waals surface area contributed by atoms with Gasteiger partial charge in [0.1, 0.15) is 0 Å². The second-order valence-corrected chi connectivity index (χ2v) is 3.67. The van der Waals surface area contributed by atoms with E-state index in [0.29, 0.717) is 18.2 Å². The lowest BCUT2D eigenvalue weighted by Crippen LogP contribution is -2.09. The Kier molecular flexibility index (Phi) is 2.39. The van der Waals surface area contributed by atoms with E-state index >= 15 is 0 Å². The van der Waals surface area contributed by atoms with Gasteiger partial charge in [-0.2, -0.15) is 0 Å². The van der Waals surface area contributed by atoms with Gasteiger partial charge in [0.15, 0.2) is 10.9 Å².